The highest BCUT2D eigenvalue weighted by molar-refractivity contribution is 5.91. The number of hydrogen-bond donors (Lipinski definition) is 2. The van der Waals surface area contributed by atoms with Gasteiger partial charge in [0.2, 0.25) is 11.7 Å². The standard InChI is InChI=1S/C17H26N2O4/c1-21-14-9-12(10-15(22-2)17(14)23-3)19-16(20)8-11-6-4-5-7-13(11)18/h9-11,13H,4-8,18H2,1-3H3,(H,19,20). The number of ether oxygens (including phenoxy) is 3. The average Bonchev–Trinajstić information content (AvgIpc) is 2.55. The molecular weight excluding hydrogens is 296 g/mol. The number of anilines is 1. The minimum absolute atomic E-state index is 0.0402. The Morgan fingerprint density at radius 3 is 2.26 bits per heavy atom. The largest absolute Gasteiger partial charge is 0.493 e. The summed E-state index contributed by atoms with van der Waals surface area (Å²) >= 11 is 0. The van der Waals surface area contributed by atoms with Gasteiger partial charge in [0.25, 0.3) is 0 Å². The van der Waals surface area contributed by atoms with Crippen LogP contribution in [0.3, 0.4) is 0 Å². The Balaban J connectivity index is 2.08. The van der Waals surface area contributed by atoms with Crippen molar-refractivity contribution >= 4 is 11.6 Å². The highest BCUT2D eigenvalue weighted by Crippen LogP contribution is 2.40. The van der Waals surface area contributed by atoms with Crippen LogP contribution in [0, 0.1) is 5.92 Å². The fraction of sp³-hybridized carbons (Fsp3) is 0.588. The molecule has 0 radical (unpaired) electrons. The molecule has 1 saturated carbocycles. The van der Waals surface area contributed by atoms with Crippen molar-refractivity contribution in [3.8, 4) is 17.2 Å². The first-order chi connectivity index (χ1) is 11.1. The fourth-order valence-corrected chi connectivity index (χ4v) is 3.09. The third-order valence-corrected chi connectivity index (χ3v) is 4.36. The predicted octanol–water partition coefficient (Wildman–Crippen LogP) is 2.56. The maximum absolute atomic E-state index is 12.3. The number of nitrogens with one attached hydrogen (secondary N) is 1. The molecule has 1 aromatic carbocycles. The van der Waals surface area contributed by atoms with Crippen molar-refractivity contribution in [1.29, 1.82) is 0 Å². The Labute approximate surface area is 137 Å². The SMILES string of the molecule is COc1cc(NC(=O)CC2CCCCC2N)cc(OC)c1OC. The second kappa shape index (κ2) is 8.06. The predicted molar refractivity (Wildman–Crippen MR) is 89.3 cm³/mol. The van der Waals surface area contributed by atoms with Crippen LogP contribution in [0.15, 0.2) is 12.1 Å². The zero-order chi connectivity index (χ0) is 16.8. The van der Waals surface area contributed by atoms with E-state index in [1.165, 1.54) is 0 Å². The van der Waals surface area contributed by atoms with E-state index in [2.05, 4.69) is 5.32 Å². The first-order valence-electron chi connectivity index (χ1n) is 7.94. The first kappa shape index (κ1) is 17.4. The molecule has 0 spiro atoms. The quantitative estimate of drug-likeness (QED) is 0.841. The van der Waals surface area contributed by atoms with Crippen LogP contribution in [-0.4, -0.2) is 33.3 Å². The highest BCUT2D eigenvalue weighted by Gasteiger charge is 2.24. The van der Waals surface area contributed by atoms with Gasteiger partial charge in [-0.2, -0.15) is 0 Å². The lowest BCUT2D eigenvalue weighted by molar-refractivity contribution is -0.117. The molecule has 0 saturated heterocycles. The number of amides is 1. The molecule has 1 aliphatic carbocycles. The van der Waals surface area contributed by atoms with Gasteiger partial charge in [0.05, 0.1) is 21.3 Å². The van der Waals surface area contributed by atoms with Crippen LogP contribution in [-0.2, 0) is 4.79 Å². The van der Waals surface area contributed by atoms with E-state index in [9.17, 15) is 4.79 Å². The number of carbonyl (C=O) groups excluding carboxylic acids is 1. The molecule has 0 bridgehead atoms. The van der Waals surface area contributed by atoms with Gasteiger partial charge in [-0.25, -0.2) is 0 Å². The van der Waals surface area contributed by atoms with Crippen LogP contribution in [0.2, 0.25) is 0 Å². The van der Waals surface area contributed by atoms with E-state index in [0.717, 1.165) is 25.7 Å². The highest BCUT2D eigenvalue weighted by atomic mass is 16.5. The summed E-state index contributed by atoms with van der Waals surface area (Å²) in [5, 5.41) is 2.90. The molecule has 0 heterocycles. The van der Waals surface area contributed by atoms with Crippen LogP contribution < -0.4 is 25.3 Å². The van der Waals surface area contributed by atoms with E-state index in [-0.39, 0.29) is 17.9 Å². The van der Waals surface area contributed by atoms with Crippen molar-refractivity contribution in [3.63, 3.8) is 0 Å². The van der Waals surface area contributed by atoms with Crippen molar-refractivity contribution in [2.75, 3.05) is 26.6 Å². The molecule has 3 N–H and O–H groups in total. The van der Waals surface area contributed by atoms with Gasteiger partial charge < -0.3 is 25.3 Å². The Morgan fingerprint density at radius 1 is 1.13 bits per heavy atom. The molecule has 128 valence electrons. The number of hydrogen-bond acceptors (Lipinski definition) is 5. The second-order valence-electron chi connectivity index (χ2n) is 5.87. The molecule has 1 aromatic rings. The number of nitrogens with two attached hydrogens (primary N) is 1. The average molecular weight is 322 g/mol. The van der Waals surface area contributed by atoms with Crippen LogP contribution in [0.5, 0.6) is 17.2 Å². The smallest absolute Gasteiger partial charge is 0.224 e. The molecule has 0 aliphatic heterocycles. The van der Waals surface area contributed by atoms with E-state index in [1.807, 2.05) is 0 Å². The molecule has 6 nitrogen and oxygen atoms in total. The van der Waals surface area contributed by atoms with Gasteiger partial charge >= 0.3 is 0 Å². The molecule has 23 heavy (non-hydrogen) atoms. The van der Waals surface area contributed by atoms with Crippen LogP contribution in [0.4, 0.5) is 5.69 Å². The molecule has 0 aromatic heterocycles. The first-order valence-corrected chi connectivity index (χ1v) is 7.94. The van der Waals surface area contributed by atoms with Crippen LogP contribution in [0.1, 0.15) is 32.1 Å². The third-order valence-electron chi connectivity index (χ3n) is 4.36. The molecule has 1 aliphatic rings. The molecular formula is C17H26N2O4. The van der Waals surface area contributed by atoms with E-state index >= 15 is 0 Å². The Hall–Kier alpha value is -1.95. The molecule has 2 unspecified atom stereocenters. The van der Waals surface area contributed by atoms with Crippen LogP contribution in [0.25, 0.3) is 0 Å². The van der Waals surface area contributed by atoms with Gasteiger partial charge in [-0.1, -0.05) is 12.8 Å². The lowest BCUT2D eigenvalue weighted by atomic mass is 9.83. The summed E-state index contributed by atoms with van der Waals surface area (Å²) in [7, 11) is 4.64. The van der Waals surface area contributed by atoms with Crippen molar-refractivity contribution < 1.29 is 19.0 Å². The van der Waals surface area contributed by atoms with Crippen molar-refractivity contribution in [1.82, 2.24) is 0 Å². The normalized spacial score (nSPS) is 20.7. The van der Waals surface area contributed by atoms with E-state index < -0.39 is 0 Å². The second-order valence-corrected chi connectivity index (χ2v) is 5.87. The van der Waals surface area contributed by atoms with Crippen molar-refractivity contribution in [2.24, 2.45) is 11.7 Å². The zero-order valence-corrected chi connectivity index (χ0v) is 14.1. The van der Waals surface area contributed by atoms with Gasteiger partial charge in [0.1, 0.15) is 0 Å². The summed E-state index contributed by atoms with van der Waals surface area (Å²) in [5.41, 5.74) is 6.73. The van der Waals surface area contributed by atoms with Gasteiger partial charge in [-0.3, -0.25) is 4.79 Å². The van der Waals surface area contributed by atoms with Gasteiger partial charge in [-0.05, 0) is 18.8 Å². The minimum atomic E-state index is -0.0402. The maximum Gasteiger partial charge on any atom is 0.224 e. The lowest BCUT2D eigenvalue weighted by Crippen LogP contribution is -2.35. The summed E-state index contributed by atoms with van der Waals surface area (Å²) in [6.07, 6.45) is 4.77. The lowest BCUT2D eigenvalue weighted by Gasteiger charge is -2.28. The van der Waals surface area contributed by atoms with E-state index in [1.54, 1.807) is 33.5 Å². The van der Waals surface area contributed by atoms with E-state index in [4.69, 9.17) is 19.9 Å². The van der Waals surface area contributed by atoms with E-state index in [0.29, 0.717) is 29.4 Å². The number of carbonyl (C=O) groups is 1. The fourth-order valence-electron chi connectivity index (χ4n) is 3.09. The summed E-state index contributed by atoms with van der Waals surface area (Å²) < 4.78 is 15.9. The summed E-state index contributed by atoms with van der Waals surface area (Å²) in [5.74, 6) is 1.74. The summed E-state index contributed by atoms with van der Waals surface area (Å²) in [6, 6.07) is 3.56. The monoisotopic (exact) mass is 322 g/mol. The number of methoxy groups -OCH3 is 3. The molecule has 2 rings (SSSR count). The summed E-state index contributed by atoms with van der Waals surface area (Å²) in [6.45, 7) is 0. The zero-order valence-electron chi connectivity index (χ0n) is 14.1. The molecule has 6 heteroatoms. The summed E-state index contributed by atoms with van der Waals surface area (Å²) in [4.78, 5) is 12.3. The number of rotatable bonds is 6. The molecule has 1 amide bonds. The molecule has 2 atom stereocenters. The topological polar surface area (TPSA) is 82.8 Å². The van der Waals surface area contributed by atoms with Gasteiger partial charge in [0.15, 0.2) is 11.5 Å². The Bertz CT molecular complexity index is 522. The van der Waals surface area contributed by atoms with Gasteiger partial charge in [-0.15, -0.1) is 0 Å². The third kappa shape index (κ3) is 4.28. The molecule has 1 fully saturated rings. The minimum Gasteiger partial charge on any atom is -0.493 e. The Kier molecular flexibility index (Phi) is 6.10. The van der Waals surface area contributed by atoms with Gasteiger partial charge in [0, 0.05) is 30.3 Å². The van der Waals surface area contributed by atoms with Crippen molar-refractivity contribution in [3.05, 3.63) is 12.1 Å². The number of benzene rings is 1. The maximum atomic E-state index is 12.3. The van der Waals surface area contributed by atoms with Crippen molar-refractivity contribution in [2.45, 2.75) is 38.1 Å². The Morgan fingerprint density at radius 2 is 1.74 bits per heavy atom. The van der Waals surface area contributed by atoms with Crippen LogP contribution >= 0.6 is 0 Å².